The minimum absolute atomic E-state index is 0.214. The predicted molar refractivity (Wildman–Crippen MR) is 85.2 cm³/mol. The van der Waals surface area contributed by atoms with Crippen molar-refractivity contribution >= 4 is 19.0 Å². The van der Waals surface area contributed by atoms with Gasteiger partial charge in [-0.25, -0.2) is 0 Å². The Kier molecular flexibility index (Phi) is 4.21. The highest BCUT2D eigenvalue weighted by atomic mass is 28.3. The molecule has 0 aliphatic heterocycles. The number of ketones is 1. The molecule has 0 aliphatic carbocycles. The van der Waals surface area contributed by atoms with Gasteiger partial charge < -0.3 is 5.11 Å². The summed E-state index contributed by atoms with van der Waals surface area (Å²) in [6.45, 7) is 6.61. The molecule has 3 heteroatoms. The van der Waals surface area contributed by atoms with Gasteiger partial charge >= 0.3 is 0 Å². The number of aliphatic hydroxyl groups excluding tert-OH is 1. The van der Waals surface area contributed by atoms with E-state index in [0.29, 0.717) is 11.1 Å². The summed E-state index contributed by atoms with van der Waals surface area (Å²) in [7, 11) is -1.62. The predicted octanol–water partition coefficient (Wildman–Crippen LogP) is 3.15. The van der Waals surface area contributed by atoms with E-state index in [1.54, 1.807) is 12.1 Å². The molecule has 0 radical (unpaired) electrons. The molecule has 0 aromatic heterocycles. The Morgan fingerprint density at radius 2 is 1.50 bits per heavy atom. The highest BCUT2D eigenvalue weighted by Crippen LogP contribution is 2.19. The first-order valence-electron chi connectivity index (χ1n) is 6.78. The van der Waals surface area contributed by atoms with E-state index in [4.69, 9.17) is 0 Å². The normalized spacial score (nSPS) is 13.0. The third-order valence-corrected chi connectivity index (χ3v) is 5.42. The van der Waals surface area contributed by atoms with Crippen molar-refractivity contribution in [3.63, 3.8) is 0 Å². The van der Waals surface area contributed by atoms with E-state index in [2.05, 4.69) is 19.6 Å². The molecule has 2 aromatic rings. The minimum atomic E-state index is -1.62. The van der Waals surface area contributed by atoms with E-state index in [9.17, 15) is 9.90 Å². The summed E-state index contributed by atoms with van der Waals surface area (Å²) in [5, 5.41) is 11.4. The topological polar surface area (TPSA) is 37.3 Å². The average Bonchev–Trinajstić information content (AvgIpc) is 2.46. The zero-order chi connectivity index (χ0) is 14.8. The molecular formula is C17H20O2Si. The maximum absolute atomic E-state index is 12.6. The Morgan fingerprint density at radius 3 is 2.10 bits per heavy atom. The highest BCUT2D eigenvalue weighted by Gasteiger charge is 2.26. The third-order valence-electron chi connectivity index (χ3n) is 3.36. The number of rotatable bonds is 4. The molecule has 104 valence electrons. The molecule has 20 heavy (non-hydrogen) atoms. The summed E-state index contributed by atoms with van der Waals surface area (Å²) in [5.41, 5.74) is 1.30. The lowest BCUT2D eigenvalue weighted by Crippen LogP contribution is -2.41. The first-order valence-corrected chi connectivity index (χ1v) is 10.3. The monoisotopic (exact) mass is 284 g/mol. The average molecular weight is 284 g/mol. The Labute approximate surface area is 121 Å². The van der Waals surface area contributed by atoms with Crippen LogP contribution in [-0.2, 0) is 0 Å². The summed E-state index contributed by atoms with van der Waals surface area (Å²) in [6, 6.07) is 16.7. The van der Waals surface area contributed by atoms with Crippen LogP contribution >= 0.6 is 0 Å². The van der Waals surface area contributed by atoms with Gasteiger partial charge in [0.15, 0.2) is 5.78 Å². The molecule has 2 nitrogen and oxygen atoms in total. The fourth-order valence-electron chi connectivity index (χ4n) is 2.29. The lowest BCUT2D eigenvalue weighted by molar-refractivity contribution is 0.0748. The molecule has 0 saturated heterocycles. The Morgan fingerprint density at radius 1 is 0.950 bits per heavy atom. The van der Waals surface area contributed by atoms with E-state index in [0.717, 1.165) is 5.19 Å². The minimum Gasteiger partial charge on any atom is -0.380 e. The van der Waals surface area contributed by atoms with Crippen molar-refractivity contribution in [2.45, 2.75) is 25.7 Å². The van der Waals surface area contributed by atoms with E-state index in [1.165, 1.54) is 0 Å². The van der Waals surface area contributed by atoms with Gasteiger partial charge in [-0.2, -0.15) is 0 Å². The quantitative estimate of drug-likeness (QED) is 0.692. The molecule has 0 spiro atoms. The van der Waals surface area contributed by atoms with Crippen LogP contribution in [0.3, 0.4) is 0 Å². The maximum Gasteiger partial charge on any atom is 0.195 e. The van der Waals surface area contributed by atoms with Crippen molar-refractivity contribution in [1.82, 2.24) is 0 Å². The van der Waals surface area contributed by atoms with Crippen molar-refractivity contribution < 1.29 is 9.90 Å². The largest absolute Gasteiger partial charge is 0.380 e. The Hall–Kier alpha value is -1.71. The standard InChI is InChI=1S/C17H20O2Si/c1-20(2,3)15-12-8-7-11-14(15)17(19)16(18)13-9-5-4-6-10-13/h4-12,16,18H,1-3H3. The molecule has 0 heterocycles. The molecule has 0 saturated carbocycles. The lowest BCUT2D eigenvalue weighted by Gasteiger charge is -2.21. The molecule has 0 bridgehead atoms. The van der Waals surface area contributed by atoms with Crippen LogP contribution < -0.4 is 5.19 Å². The van der Waals surface area contributed by atoms with E-state index in [1.807, 2.05) is 42.5 Å². The Balaban J connectivity index is 2.40. The van der Waals surface area contributed by atoms with Gasteiger partial charge in [0.2, 0.25) is 0 Å². The fraction of sp³-hybridized carbons (Fsp3) is 0.235. The van der Waals surface area contributed by atoms with Gasteiger partial charge in [-0.05, 0) is 10.8 Å². The van der Waals surface area contributed by atoms with Crippen LogP contribution in [0, 0.1) is 0 Å². The number of aliphatic hydroxyl groups is 1. The van der Waals surface area contributed by atoms with Crippen LogP contribution in [0.2, 0.25) is 19.6 Å². The smallest absolute Gasteiger partial charge is 0.195 e. The summed E-state index contributed by atoms with van der Waals surface area (Å²) in [5.74, 6) is -0.214. The molecule has 0 aliphatic rings. The van der Waals surface area contributed by atoms with Crippen LogP contribution in [0.5, 0.6) is 0 Å². The number of hydrogen-bond acceptors (Lipinski definition) is 2. The molecule has 1 unspecified atom stereocenters. The van der Waals surface area contributed by atoms with Gasteiger partial charge in [-0.15, -0.1) is 0 Å². The molecular weight excluding hydrogens is 264 g/mol. The second kappa shape index (κ2) is 5.73. The van der Waals surface area contributed by atoms with Gasteiger partial charge in [-0.1, -0.05) is 74.2 Å². The van der Waals surface area contributed by atoms with Crippen LogP contribution in [-0.4, -0.2) is 19.0 Å². The van der Waals surface area contributed by atoms with Crippen LogP contribution in [0.25, 0.3) is 0 Å². The summed E-state index contributed by atoms with van der Waals surface area (Å²) in [4.78, 5) is 12.6. The second-order valence-corrected chi connectivity index (χ2v) is 11.0. The zero-order valence-corrected chi connectivity index (χ0v) is 13.1. The lowest BCUT2D eigenvalue weighted by atomic mass is 10.00. The van der Waals surface area contributed by atoms with Crippen molar-refractivity contribution in [1.29, 1.82) is 0 Å². The highest BCUT2D eigenvalue weighted by molar-refractivity contribution is 6.89. The molecule has 0 fully saturated rings. The third kappa shape index (κ3) is 3.06. The van der Waals surface area contributed by atoms with E-state index in [-0.39, 0.29) is 5.78 Å². The van der Waals surface area contributed by atoms with Crippen molar-refractivity contribution in [3.05, 3.63) is 65.7 Å². The molecule has 1 atom stereocenters. The van der Waals surface area contributed by atoms with Gasteiger partial charge in [-0.3, -0.25) is 4.79 Å². The van der Waals surface area contributed by atoms with Crippen LogP contribution in [0.4, 0.5) is 0 Å². The van der Waals surface area contributed by atoms with Crippen molar-refractivity contribution in [2.75, 3.05) is 0 Å². The zero-order valence-electron chi connectivity index (χ0n) is 12.1. The number of carbonyl (C=O) groups excluding carboxylic acids is 1. The van der Waals surface area contributed by atoms with Gasteiger partial charge in [0.25, 0.3) is 0 Å². The molecule has 2 aromatic carbocycles. The summed E-state index contributed by atoms with van der Waals surface area (Å²) < 4.78 is 0. The SMILES string of the molecule is C[Si](C)(C)c1ccccc1C(=O)C(O)c1ccccc1. The number of carbonyl (C=O) groups is 1. The maximum atomic E-state index is 12.6. The van der Waals surface area contributed by atoms with Crippen LogP contribution in [0.15, 0.2) is 54.6 Å². The van der Waals surface area contributed by atoms with Gasteiger partial charge in [0.1, 0.15) is 6.10 Å². The molecule has 2 rings (SSSR count). The first kappa shape index (κ1) is 14.7. The fourth-order valence-corrected chi connectivity index (χ4v) is 3.90. The van der Waals surface area contributed by atoms with Crippen molar-refractivity contribution in [2.24, 2.45) is 0 Å². The first-order chi connectivity index (χ1) is 9.41. The molecule has 0 amide bonds. The summed E-state index contributed by atoms with van der Waals surface area (Å²) >= 11 is 0. The van der Waals surface area contributed by atoms with Crippen LogP contribution in [0.1, 0.15) is 22.0 Å². The number of Topliss-reactive ketones (excluding diaryl/α,β-unsaturated/α-hetero) is 1. The summed E-state index contributed by atoms with van der Waals surface area (Å²) in [6.07, 6.45) is -1.09. The van der Waals surface area contributed by atoms with E-state index < -0.39 is 14.2 Å². The molecule has 1 N–H and O–H groups in total. The van der Waals surface area contributed by atoms with Gasteiger partial charge in [0.05, 0.1) is 8.07 Å². The number of hydrogen-bond donors (Lipinski definition) is 1. The van der Waals surface area contributed by atoms with Crippen molar-refractivity contribution in [3.8, 4) is 0 Å². The second-order valence-electron chi connectivity index (χ2n) is 5.97. The van der Waals surface area contributed by atoms with E-state index >= 15 is 0 Å². The van der Waals surface area contributed by atoms with Gasteiger partial charge in [0, 0.05) is 5.56 Å². The Bertz CT molecular complexity index is 600. The number of benzene rings is 2.